The lowest BCUT2D eigenvalue weighted by atomic mass is 10.2. The van der Waals surface area contributed by atoms with E-state index < -0.39 is 0 Å². The first-order valence-corrected chi connectivity index (χ1v) is 8.60. The molecular weight excluding hydrogens is 354 g/mol. The quantitative estimate of drug-likeness (QED) is 0.565. The number of halogens is 1. The minimum absolute atomic E-state index is 0.536. The largest absolute Gasteiger partial charge is 0.496 e. The van der Waals surface area contributed by atoms with Gasteiger partial charge in [0.15, 0.2) is 17.5 Å². The first kappa shape index (κ1) is 19.7. The second-order valence-corrected chi connectivity index (χ2v) is 5.74. The number of rotatable bonds is 7. The van der Waals surface area contributed by atoms with Gasteiger partial charge < -0.3 is 24.8 Å². The summed E-state index contributed by atoms with van der Waals surface area (Å²) in [5, 5.41) is 7.11. The Hall–Kier alpha value is -2.60. The molecule has 0 fully saturated rings. The minimum Gasteiger partial charge on any atom is -0.496 e. The van der Waals surface area contributed by atoms with Gasteiger partial charge in [-0.1, -0.05) is 17.7 Å². The first-order valence-electron chi connectivity index (χ1n) is 8.22. The third-order valence-electron chi connectivity index (χ3n) is 3.65. The molecule has 26 heavy (non-hydrogen) atoms. The van der Waals surface area contributed by atoms with E-state index in [0.717, 1.165) is 17.0 Å². The number of guanidine groups is 1. The number of aliphatic imine (C=N–C) groups is 1. The van der Waals surface area contributed by atoms with Crippen molar-refractivity contribution in [1.29, 1.82) is 0 Å². The highest BCUT2D eigenvalue weighted by Crippen LogP contribution is 2.30. The molecule has 2 aromatic rings. The Labute approximate surface area is 159 Å². The Morgan fingerprint density at radius 2 is 1.81 bits per heavy atom. The van der Waals surface area contributed by atoms with Crippen LogP contribution in [0, 0.1) is 0 Å². The van der Waals surface area contributed by atoms with Crippen LogP contribution in [0.15, 0.2) is 41.4 Å². The fourth-order valence-corrected chi connectivity index (χ4v) is 2.54. The monoisotopic (exact) mass is 377 g/mol. The van der Waals surface area contributed by atoms with Gasteiger partial charge in [0.25, 0.3) is 0 Å². The highest BCUT2D eigenvalue weighted by atomic mass is 35.5. The van der Waals surface area contributed by atoms with Gasteiger partial charge in [0.1, 0.15) is 5.75 Å². The van der Waals surface area contributed by atoms with Gasteiger partial charge in [-0.3, -0.25) is 4.99 Å². The molecule has 2 aromatic carbocycles. The molecule has 0 radical (unpaired) electrons. The predicted molar refractivity (Wildman–Crippen MR) is 106 cm³/mol. The van der Waals surface area contributed by atoms with Crippen LogP contribution in [0.3, 0.4) is 0 Å². The second-order valence-electron chi connectivity index (χ2n) is 5.31. The van der Waals surface area contributed by atoms with E-state index in [2.05, 4.69) is 15.6 Å². The molecule has 0 atom stereocenters. The number of benzene rings is 2. The average molecular weight is 378 g/mol. The third kappa shape index (κ3) is 5.20. The molecule has 2 rings (SSSR count). The summed E-state index contributed by atoms with van der Waals surface area (Å²) in [5.41, 5.74) is 1.81. The highest BCUT2D eigenvalue weighted by molar-refractivity contribution is 6.30. The molecule has 2 N–H and O–H groups in total. The summed E-state index contributed by atoms with van der Waals surface area (Å²) in [7, 11) is 4.94. The lowest BCUT2D eigenvalue weighted by molar-refractivity contribution is 0.311. The molecule has 7 heteroatoms. The molecule has 0 aromatic heterocycles. The summed E-state index contributed by atoms with van der Waals surface area (Å²) in [6.07, 6.45) is 0. The molecule has 0 aliphatic heterocycles. The van der Waals surface area contributed by atoms with Crippen LogP contribution in [-0.4, -0.2) is 33.8 Å². The second kappa shape index (κ2) is 9.77. The van der Waals surface area contributed by atoms with Crippen LogP contribution in [0.5, 0.6) is 17.2 Å². The summed E-state index contributed by atoms with van der Waals surface area (Å²) in [5.74, 6) is 2.71. The van der Waals surface area contributed by atoms with E-state index in [4.69, 9.17) is 25.8 Å². The van der Waals surface area contributed by atoms with E-state index in [1.807, 2.05) is 37.3 Å². The Morgan fingerprint density at radius 1 is 1.04 bits per heavy atom. The molecule has 0 saturated carbocycles. The molecule has 0 aliphatic carbocycles. The van der Waals surface area contributed by atoms with Gasteiger partial charge in [-0.25, -0.2) is 0 Å². The van der Waals surface area contributed by atoms with Gasteiger partial charge in [-0.2, -0.15) is 0 Å². The maximum atomic E-state index is 6.00. The molecule has 140 valence electrons. The fraction of sp³-hybridized carbons (Fsp3) is 0.316. The van der Waals surface area contributed by atoms with Crippen molar-refractivity contribution in [1.82, 2.24) is 5.32 Å². The van der Waals surface area contributed by atoms with Crippen LogP contribution < -0.4 is 24.8 Å². The summed E-state index contributed by atoms with van der Waals surface area (Å²) in [4.78, 5) is 4.24. The van der Waals surface area contributed by atoms with E-state index in [0.29, 0.717) is 35.6 Å². The van der Waals surface area contributed by atoms with Gasteiger partial charge in [0, 0.05) is 35.9 Å². The molecule has 0 spiro atoms. The lowest BCUT2D eigenvalue weighted by Gasteiger charge is -2.15. The maximum Gasteiger partial charge on any atom is 0.195 e. The molecule has 0 amide bonds. The van der Waals surface area contributed by atoms with Crippen LogP contribution in [0.1, 0.15) is 12.5 Å². The third-order valence-corrected chi connectivity index (χ3v) is 3.88. The predicted octanol–water partition coefficient (Wildman–Crippen LogP) is 3.94. The average Bonchev–Trinajstić information content (AvgIpc) is 2.66. The Kier molecular flexibility index (Phi) is 7.41. The molecule has 0 saturated heterocycles. The number of hydrogen-bond donors (Lipinski definition) is 2. The number of nitrogens with zero attached hydrogens (tertiary/aromatic N) is 1. The van der Waals surface area contributed by atoms with E-state index in [-0.39, 0.29) is 0 Å². The van der Waals surface area contributed by atoms with Crippen LogP contribution in [0.25, 0.3) is 0 Å². The highest BCUT2D eigenvalue weighted by Gasteiger charge is 2.08. The van der Waals surface area contributed by atoms with Crippen molar-refractivity contribution < 1.29 is 14.2 Å². The van der Waals surface area contributed by atoms with Crippen LogP contribution in [-0.2, 0) is 6.54 Å². The minimum atomic E-state index is 0.536. The van der Waals surface area contributed by atoms with Crippen molar-refractivity contribution in [3.05, 3.63) is 47.0 Å². The Balaban J connectivity index is 2.06. The maximum absolute atomic E-state index is 6.00. The topological polar surface area (TPSA) is 64.1 Å². The smallest absolute Gasteiger partial charge is 0.195 e. The zero-order valence-corrected chi connectivity index (χ0v) is 16.2. The molecule has 0 unspecified atom stereocenters. The SMILES string of the molecule is CCOc1ccc(NC(=NC)NCc2ccc(Cl)cc2OC)cc1OC. The van der Waals surface area contributed by atoms with Crippen molar-refractivity contribution in [3.63, 3.8) is 0 Å². The standard InChI is InChI=1S/C19H24ClN3O3/c1-5-26-16-9-8-15(11-18(16)25-4)23-19(21-2)22-12-13-6-7-14(20)10-17(13)24-3/h6-11H,5,12H2,1-4H3,(H2,21,22,23). The number of ether oxygens (including phenoxy) is 3. The normalized spacial score (nSPS) is 11.0. The summed E-state index contributed by atoms with van der Waals surface area (Å²) >= 11 is 6.00. The Bertz CT molecular complexity index is 766. The van der Waals surface area contributed by atoms with Gasteiger partial charge in [0.2, 0.25) is 0 Å². The zero-order valence-electron chi connectivity index (χ0n) is 15.4. The van der Waals surface area contributed by atoms with Crippen molar-refractivity contribution in [2.24, 2.45) is 4.99 Å². The van der Waals surface area contributed by atoms with Gasteiger partial charge >= 0.3 is 0 Å². The number of methoxy groups -OCH3 is 2. The summed E-state index contributed by atoms with van der Waals surface area (Å²) < 4.78 is 16.3. The Morgan fingerprint density at radius 3 is 2.46 bits per heavy atom. The van der Waals surface area contributed by atoms with Crippen molar-refractivity contribution in [3.8, 4) is 17.2 Å². The molecular formula is C19H24ClN3O3. The van der Waals surface area contributed by atoms with E-state index >= 15 is 0 Å². The number of nitrogens with one attached hydrogen (secondary N) is 2. The summed E-state index contributed by atoms with van der Waals surface area (Å²) in [6.45, 7) is 3.05. The molecule has 0 bridgehead atoms. The summed E-state index contributed by atoms with van der Waals surface area (Å²) in [6, 6.07) is 11.2. The first-order chi connectivity index (χ1) is 12.6. The van der Waals surface area contributed by atoms with Gasteiger partial charge in [0.05, 0.1) is 20.8 Å². The number of hydrogen-bond acceptors (Lipinski definition) is 4. The van der Waals surface area contributed by atoms with E-state index in [9.17, 15) is 0 Å². The van der Waals surface area contributed by atoms with E-state index in [1.54, 1.807) is 27.3 Å². The zero-order chi connectivity index (χ0) is 18.9. The van der Waals surface area contributed by atoms with Crippen LogP contribution >= 0.6 is 11.6 Å². The molecule has 0 aliphatic rings. The number of anilines is 1. The molecule has 0 heterocycles. The van der Waals surface area contributed by atoms with Crippen molar-refractivity contribution in [2.75, 3.05) is 33.2 Å². The van der Waals surface area contributed by atoms with Crippen molar-refractivity contribution >= 4 is 23.2 Å². The van der Waals surface area contributed by atoms with Gasteiger partial charge in [-0.05, 0) is 31.2 Å². The molecule has 6 nitrogen and oxygen atoms in total. The van der Waals surface area contributed by atoms with Crippen molar-refractivity contribution in [2.45, 2.75) is 13.5 Å². The van der Waals surface area contributed by atoms with E-state index in [1.165, 1.54) is 0 Å². The van der Waals surface area contributed by atoms with Gasteiger partial charge in [-0.15, -0.1) is 0 Å². The fourth-order valence-electron chi connectivity index (χ4n) is 2.38. The van der Waals surface area contributed by atoms with Crippen LogP contribution in [0.4, 0.5) is 5.69 Å². The van der Waals surface area contributed by atoms with Crippen LogP contribution in [0.2, 0.25) is 5.02 Å². The lowest BCUT2D eigenvalue weighted by Crippen LogP contribution is -2.30.